The van der Waals surface area contributed by atoms with E-state index in [1.54, 1.807) is 24.3 Å². The molecule has 0 N–H and O–H groups in total. The van der Waals surface area contributed by atoms with Crippen molar-refractivity contribution in [1.82, 2.24) is 4.90 Å². The Labute approximate surface area is 182 Å². The number of sulfone groups is 2. The average Bonchev–Trinajstić information content (AvgIpc) is 2.70. The van der Waals surface area contributed by atoms with Gasteiger partial charge >= 0.3 is 0 Å². The van der Waals surface area contributed by atoms with Gasteiger partial charge < -0.3 is 9.64 Å². The van der Waals surface area contributed by atoms with Crippen LogP contribution in [0.15, 0.2) is 53.4 Å². The minimum absolute atomic E-state index is 0.157. The molecule has 8 nitrogen and oxygen atoms in total. The van der Waals surface area contributed by atoms with Crippen LogP contribution in [-0.2, 0) is 30.2 Å². The first-order valence-corrected chi connectivity index (χ1v) is 13.1. The molecule has 0 atom stereocenters. The average molecular weight is 465 g/mol. The fourth-order valence-electron chi connectivity index (χ4n) is 2.69. The van der Waals surface area contributed by atoms with Gasteiger partial charge in [0.05, 0.1) is 28.9 Å². The third-order valence-corrected chi connectivity index (χ3v) is 6.95. The van der Waals surface area contributed by atoms with Crippen LogP contribution in [0.25, 0.3) is 0 Å². The van der Waals surface area contributed by atoms with E-state index in [2.05, 4.69) is 0 Å². The van der Waals surface area contributed by atoms with Crippen LogP contribution in [0.1, 0.15) is 17.5 Å². The van der Waals surface area contributed by atoms with Gasteiger partial charge in [-0.05, 0) is 42.3 Å². The highest BCUT2D eigenvalue weighted by Gasteiger charge is 2.20. The normalized spacial score (nSPS) is 11.5. The van der Waals surface area contributed by atoms with Crippen LogP contribution < -0.4 is 4.74 Å². The second-order valence-corrected chi connectivity index (χ2v) is 11.2. The smallest absolute Gasteiger partial charge is 0.237 e. The minimum Gasteiger partial charge on any atom is -0.493 e. The maximum absolute atomic E-state index is 12.3. The topological polar surface area (TPSA) is 122 Å². The monoisotopic (exact) mass is 464 g/mol. The molecule has 0 heterocycles. The molecule has 0 fully saturated rings. The van der Waals surface area contributed by atoms with Crippen LogP contribution in [0.5, 0.6) is 5.75 Å². The van der Waals surface area contributed by atoms with Crippen molar-refractivity contribution in [2.75, 3.05) is 32.2 Å². The highest BCUT2D eigenvalue weighted by molar-refractivity contribution is 7.91. The standard InChI is InChI=1S/C21H24N2O6S2/c1-23(11-4-12-29-19-5-3-6-20(13-19)30(2,25)26)21(24)16-31(27,28)15-18-9-7-17(14-22)8-10-18/h3,5-10,13H,4,11-12,15-16H2,1-2H3. The first kappa shape index (κ1) is 24.4. The van der Waals surface area contributed by atoms with Gasteiger partial charge in [0.25, 0.3) is 0 Å². The Balaban J connectivity index is 1.80. The van der Waals surface area contributed by atoms with Crippen molar-refractivity contribution < 1.29 is 26.4 Å². The molecule has 0 aliphatic heterocycles. The molecule has 1 amide bonds. The van der Waals surface area contributed by atoms with Gasteiger partial charge in [0.1, 0.15) is 11.5 Å². The molecule has 0 aliphatic carbocycles. The first-order valence-electron chi connectivity index (χ1n) is 9.36. The molecule has 10 heteroatoms. The molecule has 2 aromatic rings. The Morgan fingerprint density at radius 1 is 1.10 bits per heavy atom. The Morgan fingerprint density at radius 2 is 1.77 bits per heavy atom. The summed E-state index contributed by atoms with van der Waals surface area (Å²) in [6, 6.07) is 14.3. The fraction of sp³-hybridized carbons (Fsp3) is 0.333. The number of rotatable bonds is 10. The van der Waals surface area contributed by atoms with Crippen LogP contribution in [0.2, 0.25) is 0 Å². The summed E-state index contributed by atoms with van der Waals surface area (Å²) in [7, 11) is -5.46. The highest BCUT2D eigenvalue weighted by atomic mass is 32.2. The quantitative estimate of drug-likeness (QED) is 0.492. The molecule has 31 heavy (non-hydrogen) atoms. The molecular formula is C21H24N2O6S2. The van der Waals surface area contributed by atoms with Gasteiger partial charge in [-0.15, -0.1) is 0 Å². The Kier molecular flexibility index (Phi) is 8.19. The predicted octanol–water partition coefficient (Wildman–Crippen LogP) is 1.80. The number of nitrogens with zero attached hydrogens (tertiary/aromatic N) is 2. The van der Waals surface area contributed by atoms with E-state index in [-0.39, 0.29) is 23.8 Å². The largest absolute Gasteiger partial charge is 0.493 e. The van der Waals surface area contributed by atoms with Crippen molar-refractivity contribution in [2.45, 2.75) is 17.1 Å². The van der Waals surface area contributed by atoms with E-state index in [9.17, 15) is 21.6 Å². The molecule has 2 aromatic carbocycles. The Bertz CT molecular complexity index is 1170. The summed E-state index contributed by atoms with van der Waals surface area (Å²) in [5.74, 6) is -1.01. The van der Waals surface area contributed by atoms with Gasteiger partial charge in [-0.3, -0.25) is 4.79 Å². The molecule has 0 aromatic heterocycles. The maximum atomic E-state index is 12.3. The number of carbonyl (C=O) groups is 1. The third-order valence-electron chi connectivity index (χ3n) is 4.38. The number of benzene rings is 2. The second kappa shape index (κ2) is 10.4. The molecule has 2 rings (SSSR count). The van der Waals surface area contributed by atoms with Gasteiger partial charge in [0.2, 0.25) is 5.91 Å². The molecule has 166 valence electrons. The molecular weight excluding hydrogens is 440 g/mol. The molecule has 0 bridgehead atoms. The van der Waals surface area contributed by atoms with E-state index in [0.717, 1.165) is 6.26 Å². The molecule has 0 unspecified atom stereocenters. The van der Waals surface area contributed by atoms with Crippen molar-refractivity contribution in [3.8, 4) is 11.8 Å². The van der Waals surface area contributed by atoms with Crippen LogP contribution in [-0.4, -0.2) is 59.9 Å². The molecule has 0 saturated heterocycles. The van der Waals surface area contributed by atoms with Crippen LogP contribution in [0, 0.1) is 11.3 Å². The van der Waals surface area contributed by atoms with E-state index in [4.69, 9.17) is 10.00 Å². The third kappa shape index (κ3) is 8.03. The number of ether oxygens (including phenoxy) is 1. The zero-order chi connectivity index (χ0) is 23.1. The molecule has 0 radical (unpaired) electrons. The predicted molar refractivity (Wildman–Crippen MR) is 116 cm³/mol. The number of hydrogen-bond acceptors (Lipinski definition) is 7. The number of amides is 1. The van der Waals surface area contributed by atoms with Gasteiger partial charge in [-0.1, -0.05) is 18.2 Å². The Hall–Kier alpha value is -2.90. The second-order valence-electron chi connectivity index (χ2n) is 7.11. The highest BCUT2D eigenvalue weighted by Crippen LogP contribution is 2.17. The summed E-state index contributed by atoms with van der Waals surface area (Å²) in [5.41, 5.74) is 0.946. The zero-order valence-corrected chi connectivity index (χ0v) is 18.9. The fourth-order valence-corrected chi connectivity index (χ4v) is 4.74. The lowest BCUT2D eigenvalue weighted by Crippen LogP contribution is -2.34. The first-order chi connectivity index (χ1) is 14.5. The lowest BCUT2D eigenvalue weighted by Gasteiger charge is -2.17. The summed E-state index contributed by atoms with van der Waals surface area (Å²) < 4.78 is 53.3. The summed E-state index contributed by atoms with van der Waals surface area (Å²) in [6.07, 6.45) is 1.56. The number of nitriles is 1. The van der Waals surface area contributed by atoms with E-state index < -0.39 is 31.3 Å². The van der Waals surface area contributed by atoms with E-state index in [1.165, 1.54) is 36.2 Å². The van der Waals surface area contributed by atoms with Gasteiger partial charge in [0.15, 0.2) is 19.7 Å². The lowest BCUT2D eigenvalue weighted by molar-refractivity contribution is -0.127. The van der Waals surface area contributed by atoms with Crippen LogP contribution in [0.4, 0.5) is 0 Å². The molecule has 0 saturated carbocycles. The maximum Gasteiger partial charge on any atom is 0.237 e. The van der Waals surface area contributed by atoms with Gasteiger partial charge in [-0.25, -0.2) is 16.8 Å². The summed E-state index contributed by atoms with van der Waals surface area (Å²) in [6.45, 7) is 0.528. The summed E-state index contributed by atoms with van der Waals surface area (Å²) in [5, 5.41) is 8.79. The van der Waals surface area contributed by atoms with E-state index in [1.807, 2.05) is 6.07 Å². The molecule has 0 spiro atoms. The van der Waals surface area contributed by atoms with Crippen molar-refractivity contribution >= 4 is 25.6 Å². The molecule has 0 aliphatic rings. The van der Waals surface area contributed by atoms with E-state index >= 15 is 0 Å². The van der Waals surface area contributed by atoms with Crippen molar-refractivity contribution in [2.24, 2.45) is 0 Å². The van der Waals surface area contributed by atoms with Crippen molar-refractivity contribution in [3.63, 3.8) is 0 Å². The Morgan fingerprint density at radius 3 is 2.39 bits per heavy atom. The van der Waals surface area contributed by atoms with Crippen LogP contribution >= 0.6 is 0 Å². The number of hydrogen-bond donors (Lipinski definition) is 0. The zero-order valence-electron chi connectivity index (χ0n) is 17.3. The van der Waals surface area contributed by atoms with Crippen molar-refractivity contribution in [1.29, 1.82) is 5.26 Å². The van der Waals surface area contributed by atoms with Gasteiger partial charge in [0, 0.05) is 19.8 Å². The number of carbonyl (C=O) groups excluding carboxylic acids is 1. The van der Waals surface area contributed by atoms with Crippen LogP contribution in [0.3, 0.4) is 0 Å². The summed E-state index contributed by atoms with van der Waals surface area (Å²) in [4.78, 5) is 13.7. The SMILES string of the molecule is CN(CCCOc1cccc(S(C)(=O)=O)c1)C(=O)CS(=O)(=O)Cc1ccc(C#N)cc1. The minimum atomic E-state index is -3.65. The lowest BCUT2D eigenvalue weighted by atomic mass is 10.2. The van der Waals surface area contributed by atoms with E-state index in [0.29, 0.717) is 23.3 Å². The van der Waals surface area contributed by atoms with Crippen molar-refractivity contribution in [3.05, 3.63) is 59.7 Å². The van der Waals surface area contributed by atoms with Gasteiger partial charge in [-0.2, -0.15) is 5.26 Å². The summed E-state index contributed by atoms with van der Waals surface area (Å²) >= 11 is 0.